The molecule has 4 heteroatoms. The number of rotatable bonds is 7. The summed E-state index contributed by atoms with van der Waals surface area (Å²) in [7, 11) is 1.69. The summed E-state index contributed by atoms with van der Waals surface area (Å²) < 4.78 is 10.5. The molecule has 0 aliphatic heterocycles. The van der Waals surface area contributed by atoms with Gasteiger partial charge in [0.15, 0.2) is 0 Å². The summed E-state index contributed by atoms with van der Waals surface area (Å²) in [6, 6.07) is 5.70. The van der Waals surface area contributed by atoms with Crippen LogP contribution in [0.2, 0.25) is 0 Å². The Kier molecular flexibility index (Phi) is 5.67. The second-order valence-electron chi connectivity index (χ2n) is 3.47. The van der Waals surface area contributed by atoms with E-state index in [4.69, 9.17) is 15.2 Å². The van der Waals surface area contributed by atoms with Crippen molar-refractivity contribution in [3.05, 3.63) is 23.8 Å². The SMILES string of the molecule is CCOc1ccc(N)cc1CNCCOC. The van der Waals surface area contributed by atoms with Crippen LogP contribution < -0.4 is 15.8 Å². The molecule has 0 aliphatic carbocycles. The average Bonchev–Trinajstić information content (AvgIpc) is 2.28. The summed E-state index contributed by atoms with van der Waals surface area (Å²) in [4.78, 5) is 0. The van der Waals surface area contributed by atoms with Crippen molar-refractivity contribution < 1.29 is 9.47 Å². The van der Waals surface area contributed by atoms with Gasteiger partial charge < -0.3 is 20.5 Å². The van der Waals surface area contributed by atoms with Gasteiger partial charge in [-0.1, -0.05) is 0 Å². The molecule has 0 saturated heterocycles. The third kappa shape index (κ3) is 4.08. The van der Waals surface area contributed by atoms with Crippen LogP contribution >= 0.6 is 0 Å². The van der Waals surface area contributed by atoms with E-state index in [1.54, 1.807) is 7.11 Å². The van der Waals surface area contributed by atoms with Gasteiger partial charge in [0, 0.05) is 31.5 Å². The molecule has 0 fully saturated rings. The number of hydrogen-bond acceptors (Lipinski definition) is 4. The molecule has 0 saturated carbocycles. The molecule has 0 aliphatic rings. The maximum atomic E-state index is 5.75. The maximum Gasteiger partial charge on any atom is 0.123 e. The van der Waals surface area contributed by atoms with Gasteiger partial charge in [0.05, 0.1) is 13.2 Å². The molecule has 16 heavy (non-hydrogen) atoms. The number of anilines is 1. The van der Waals surface area contributed by atoms with Crippen molar-refractivity contribution in [2.24, 2.45) is 0 Å². The van der Waals surface area contributed by atoms with Crippen molar-refractivity contribution in [3.63, 3.8) is 0 Å². The Morgan fingerprint density at radius 2 is 2.19 bits per heavy atom. The van der Waals surface area contributed by atoms with E-state index < -0.39 is 0 Å². The van der Waals surface area contributed by atoms with Crippen LogP contribution in [-0.4, -0.2) is 26.9 Å². The molecule has 0 heterocycles. The Bertz CT molecular complexity index is 316. The fraction of sp³-hybridized carbons (Fsp3) is 0.500. The Morgan fingerprint density at radius 3 is 2.88 bits per heavy atom. The van der Waals surface area contributed by atoms with Crippen LogP contribution in [0.3, 0.4) is 0 Å². The van der Waals surface area contributed by atoms with E-state index in [2.05, 4.69) is 5.32 Å². The quantitative estimate of drug-likeness (QED) is 0.543. The topological polar surface area (TPSA) is 56.5 Å². The minimum absolute atomic E-state index is 0.662. The van der Waals surface area contributed by atoms with Crippen molar-refractivity contribution in [2.75, 3.05) is 32.6 Å². The second kappa shape index (κ2) is 7.09. The van der Waals surface area contributed by atoms with E-state index in [0.29, 0.717) is 13.2 Å². The maximum absolute atomic E-state index is 5.75. The van der Waals surface area contributed by atoms with Gasteiger partial charge in [-0.3, -0.25) is 0 Å². The van der Waals surface area contributed by atoms with Gasteiger partial charge >= 0.3 is 0 Å². The molecule has 1 aromatic carbocycles. The fourth-order valence-corrected chi connectivity index (χ4v) is 1.43. The molecule has 90 valence electrons. The minimum Gasteiger partial charge on any atom is -0.494 e. The fourth-order valence-electron chi connectivity index (χ4n) is 1.43. The molecule has 0 unspecified atom stereocenters. The van der Waals surface area contributed by atoms with Crippen molar-refractivity contribution >= 4 is 5.69 Å². The number of nitrogens with one attached hydrogen (secondary N) is 1. The van der Waals surface area contributed by atoms with Crippen molar-refractivity contribution in [1.82, 2.24) is 5.32 Å². The summed E-state index contributed by atoms with van der Waals surface area (Å²) >= 11 is 0. The van der Waals surface area contributed by atoms with Crippen LogP contribution in [0.4, 0.5) is 5.69 Å². The number of ether oxygens (including phenoxy) is 2. The Balaban J connectivity index is 2.57. The van der Waals surface area contributed by atoms with Crippen LogP contribution in [0.1, 0.15) is 12.5 Å². The first-order valence-corrected chi connectivity index (χ1v) is 5.48. The molecule has 0 amide bonds. The van der Waals surface area contributed by atoms with Crippen LogP contribution in [-0.2, 0) is 11.3 Å². The number of nitrogens with two attached hydrogens (primary N) is 1. The first-order valence-electron chi connectivity index (χ1n) is 5.48. The van der Waals surface area contributed by atoms with Gasteiger partial charge in [-0.25, -0.2) is 0 Å². The molecule has 1 rings (SSSR count). The highest BCUT2D eigenvalue weighted by molar-refractivity contribution is 5.47. The van der Waals surface area contributed by atoms with Gasteiger partial charge in [-0.05, 0) is 25.1 Å². The highest BCUT2D eigenvalue weighted by Crippen LogP contribution is 2.21. The van der Waals surface area contributed by atoms with Crippen molar-refractivity contribution in [1.29, 1.82) is 0 Å². The lowest BCUT2D eigenvalue weighted by Gasteiger charge is -2.11. The predicted molar refractivity (Wildman–Crippen MR) is 65.6 cm³/mol. The smallest absolute Gasteiger partial charge is 0.123 e. The van der Waals surface area contributed by atoms with Gasteiger partial charge in [0.2, 0.25) is 0 Å². The van der Waals surface area contributed by atoms with Gasteiger partial charge in [0.1, 0.15) is 5.75 Å². The zero-order valence-corrected chi connectivity index (χ0v) is 9.95. The Hall–Kier alpha value is -1.26. The summed E-state index contributed by atoms with van der Waals surface area (Å²) in [5.74, 6) is 0.890. The minimum atomic E-state index is 0.662. The molecule has 0 aromatic heterocycles. The molecule has 0 radical (unpaired) electrons. The van der Waals surface area contributed by atoms with E-state index in [1.165, 1.54) is 0 Å². The Labute approximate surface area is 96.7 Å². The molecule has 3 N–H and O–H groups in total. The second-order valence-corrected chi connectivity index (χ2v) is 3.47. The molecule has 4 nitrogen and oxygen atoms in total. The van der Waals surface area contributed by atoms with Crippen LogP contribution in [0.15, 0.2) is 18.2 Å². The largest absolute Gasteiger partial charge is 0.494 e. The van der Waals surface area contributed by atoms with Crippen molar-refractivity contribution in [3.8, 4) is 5.75 Å². The zero-order chi connectivity index (χ0) is 11.8. The lowest BCUT2D eigenvalue weighted by atomic mass is 10.1. The van der Waals surface area contributed by atoms with Crippen LogP contribution in [0.5, 0.6) is 5.75 Å². The van der Waals surface area contributed by atoms with E-state index in [0.717, 1.165) is 30.1 Å². The Morgan fingerprint density at radius 1 is 1.38 bits per heavy atom. The van der Waals surface area contributed by atoms with Gasteiger partial charge in [-0.15, -0.1) is 0 Å². The molecule has 0 atom stereocenters. The lowest BCUT2D eigenvalue weighted by molar-refractivity contribution is 0.199. The molecular formula is C12H20N2O2. The molecule has 0 spiro atoms. The van der Waals surface area contributed by atoms with E-state index >= 15 is 0 Å². The van der Waals surface area contributed by atoms with Crippen molar-refractivity contribution in [2.45, 2.75) is 13.5 Å². The van der Waals surface area contributed by atoms with Gasteiger partial charge in [-0.2, -0.15) is 0 Å². The number of benzene rings is 1. The highest BCUT2D eigenvalue weighted by Gasteiger charge is 2.03. The highest BCUT2D eigenvalue weighted by atomic mass is 16.5. The predicted octanol–water partition coefficient (Wildman–Crippen LogP) is 1.40. The van der Waals surface area contributed by atoms with E-state index in [1.807, 2.05) is 25.1 Å². The monoisotopic (exact) mass is 224 g/mol. The number of nitrogen functional groups attached to an aromatic ring is 1. The third-order valence-corrected chi connectivity index (χ3v) is 2.18. The average molecular weight is 224 g/mol. The zero-order valence-electron chi connectivity index (χ0n) is 9.95. The first-order chi connectivity index (χ1) is 7.77. The summed E-state index contributed by atoms with van der Waals surface area (Å²) in [6.07, 6.45) is 0. The summed E-state index contributed by atoms with van der Waals surface area (Å²) in [6.45, 7) is 4.89. The molecule has 0 bridgehead atoms. The number of hydrogen-bond donors (Lipinski definition) is 2. The molecular weight excluding hydrogens is 204 g/mol. The number of methoxy groups -OCH3 is 1. The van der Waals surface area contributed by atoms with E-state index in [-0.39, 0.29) is 0 Å². The third-order valence-electron chi connectivity index (χ3n) is 2.18. The standard InChI is InChI=1S/C12H20N2O2/c1-3-16-12-5-4-11(13)8-10(12)9-14-6-7-15-2/h4-5,8,14H,3,6-7,9,13H2,1-2H3. The summed E-state index contributed by atoms with van der Waals surface area (Å²) in [5, 5.41) is 3.27. The normalized spacial score (nSPS) is 10.4. The lowest BCUT2D eigenvalue weighted by Crippen LogP contribution is -2.19. The molecule has 1 aromatic rings. The van der Waals surface area contributed by atoms with Crippen LogP contribution in [0.25, 0.3) is 0 Å². The van der Waals surface area contributed by atoms with E-state index in [9.17, 15) is 0 Å². The summed E-state index contributed by atoms with van der Waals surface area (Å²) in [5.41, 5.74) is 7.58. The van der Waals surface area contributed by atoms with Crippen LogP contribution in [0, 0.1) is 0 Å². The van der Waals surface area contributed by atoms with Gasteiger partial charge in [0.25, 0.3) is 0 Å². The first kappa shape index (κ1) is 12.8.